The Kier molecular flexibility index (Phi) is 11.1. The Morgan fingerprint density at radius 3 is 2.44 bits per heavy atom. The second kappa shape index (κ2) is 14.1. The lowest BCUT2D eigenvalue weighted by Gasteiger charge is -2.37. The summed E-state index contributed by atoms with van der Waals surface area (Å²) in [6.07, 6.45) is 0.423. The SMILES string of the molecule is CC(C)C[C@H](SNC(=O)OC(C)(c1ccccc1)C(F)(F)c1cccc(Cl)c1)C(=O)N[C@H](C=O)C[C@@H]1CCNC1=O. The molecule has 0 bridgehead atoms. The summed E-state index contributed by atoms with van der Waals surface area (Å²) >= 11 is 6.68. The van der Waals surface area contributed by atoms with E-state index in [1.165, 1.54) is 30.3 Å². The van der Waals surface area contributed by atoms with Gasteiger partial charge in [0.05, 0.1) is 6.04 Å². The zero-order chi connectivity index (χ0) is 30.2. The van der Waals surface area contributed by atoms with E-state index in [9.17, 15) is 19.2 Å². The van der Waals surface area contributed by atoms with Crippen LogP contribution in [0.4, 0.5) is 13.6 Å². The van der Waals surface area contributed by atoms with Crippen molar-refractivity contribution in [3.05, 3.63) is 70.7 Å². The zero-order valence-electron chi connectivity index (χ0n) is 23.0. The second-order valence-corrected chi connectivity index (χ2v) is 11.9. The van der Waals surface area contributed by atoms with Crippen molar-refractivity contribution in [2.75, 3.05) is 6.54 Å². The normalized spacial score (nSPS) is 18.1. The van der Waals surface area contributed by atoms with Gasteiger partial charge in [-0.1, -0.05) is 67.9 Å². The summed E-state index contributed by atoms with van der Waals surface area (Å²) < 4.78 is 39.8. The monoisotopic (exact) mass is 609 g/mol. The molecule has 3 amide bonds. The first-order chi connectivity index (χ1) is 19.4. The number of nitrogens with one attached hydrogen (secondary N) is 3. The summed E-state index contributed by atoms with van der Waals surface area (Å²) in [4.78, 5) is 49.6. The molecule has 3 N–H and O–H groups in total. The molecule has 1 fully saturated rings. The van der Waals surface area contributed by atoms with Gasteiger partial charge in [0, 0.05) is 28.6 Å². The van der Waals surface area contributed by atoms with Crippen LogP contribution in [0.2, 0.25) is 5.02 Å². The second-order valence-electron chi connectivity index (χ2n) is 10.5. The summed E-state index contributed by atoms with van der Waals surface area (Å²) in [6.45, 7) is 5.37. The Morgan fingerprint density at radius 2 is 1.85 bits per heavy atom. The molecular formula is C29H34ClF2N3O5S. The number of benzene rings is 2. The van der Waals surface area contributed by atoms with Crippen LogP contribution in [-0.4, -0.2) is 42.0 Å². The minimum absolute atomic E-state index is 0.0214. The molecule has 0 aliphatic carbocycles. The van der Waals surface area contributed by atoms with E-state index in [2.05, 4.69) is 15.4 Å². The lowest BCUT2D eigenvalue weighted by molar-refractivity contribution is -0.184. The standard InChI is InChI=1S/C29H34ClF2N3O5S/c1-18(2)14-24(26(38)34-23(17-36)15-19-12-13-33-25(19)37)41-35-27(39)40-28(3,20-8-5-4-6-9-20)29(31,32)21-10-7-11-22(30)16-21/h4-11,16-19,23-24H,12-15H2,1-3H3,(H,33,37)(H,34,38)(H,35,39)/t19-,23-,24-,28?/m0/s1. The Bertz CT molecular complexity index is 1240. The molecule has 1 unspecified atom stereocenters. The van der Waals surface area contributed by atoms with Crippen LogP contribution < -0.4 is 15.4 Å². The molecule has 2 aromatic rings. The van der Waals surface area contributed by atoms with Crippen molar-refractivity contribution in [1.29, 1.82) is 0 Å². The molecule has 41 heavy (non-hydrogen) atoms. The van der Waals surface area contributed by atoms with Gasteiger partial charge in [0.15, 0.2) is 0 Å². The molecule has 0 spiro atoms. The number of ether oxygens (including phenoxy) is 1. The molecule has 222 valence electrons. The van der Waals surface area contributed by atoms with Crippen LogP contribution in [0, 0.1) is 11.8 Å². The Hall–Kier alpha value is -3.18. The van der Waals surface area contributed by atoms with Crippen LogP contribution in [-0.2, 0) is 30.6 Å². The van der Waals surface area contributed by atoms with Crippen molar-refractivity contribution < 1.29 is 32.7 Å². The first-order valence-electron chi connectivity index (χ1n) is 13.2. The van der Waals surface area contributed by atoms with Gasteiger partial charge in [0.2, 0.25) is 17.4 Å². The average molecular weight is 610 g/mol. The number of carbonyl (C=O) groups is 4. The van der Waals surface area contributed by atoms with E-state index in [4.69, 9.17) is 16.3 Å². The van der Waals surface area contributed by atoms with Crippen LogP contribution in [0.5, 0.6) is 0 Å². The van der Waals surface area contributed by atoms with E-state index in [1.807, 2.05) is 13.8 Å². The van der Waals surface area contributed by atoms with Crippen molar-refractivity contribution in [3.63, 3.8) is 0 Å². The third kappa shape index (κ3) is 8.19. The van der Waals surface area contributed by atoms with Crippen molar-refractivity contribution in [2.24, 2.45) is 11.8 Å². The van der Waals surface area contributed by atoms with Gasteiger partial charge < -0.3 is 20.2 Å². The molecule has 1 aliphatic heterocycles. The highest BCUT2D eigenvalue weighted by Gasteiger charge is 2.56. The first kappa shape index (κ1) is 32.3. The van der Waals surface area contributed by atoms with E-state index in [0.717, 1.165) is 13.0 Å². The quantitative estimate of drug-likeness (QED) is 0.209. The van der Waals surface area contributed by atoms with Gasteiger partial charge in [0.1, 0.15) is 11.5 Å². The van der Waals surface area contributed by atoms with Gasteiger partial charge in [0.25, 0.3) is 0 Å². The molecule has 4 atom stereocenters. The molecular weight excluding hydrogens is 576 g/mol. The average Bonchev–Trinajstić information content (AvgIpc) is 3.34. The zero-order valence-corrected chi connectivity index (χ0v) is 24.6. The van der Waals surface area contributed by atoms with Crippen molar-refractivity contribution in [1.82, 2.24) is 15.4 Å². The van der Waals surface area contributed by atoms with Gasteiger partial charge in [-0.3, -0.25) is 14.3 Å². The molecule has 0 saturated carbocycles. The maximum absolute atomic E-state index is 16.0. The maximum atomic E-state index is 16.0. The fourth-order valence-corrected chi connectivity index (χ4v) is 5.71. The molecule has 1 heterocycles. The number of rotatable bonds is 13. The van der Waals surface area contributed by atoms with Crippen LogP contribution >= 0.6 is 23.5 Å². The van der Waals surface area contributed by atoms with Crippen molar-refractivity contribution >= 4 is 47.7 Å². The first-order valence-corrected chi connectivity index (χ1v) is 14.5. The topological polar surface area (TPSA) is 114 Å². The van der Waals surface area contributed by atoms with Gasteiger partial charge in [-0.05, 0) is 56.2 Å². The molecule has 2 aromatic carbocycles. The summed E-state index contributed by atoms with van der Waals surface area (Å²) in [5, 5.41) is 4.57. The highest BCUT2D eigenvalue weighted by molar-refractivity contribution is 7.99. The van der Waals surface area contributed by atoms with E-state index < -0.39 is 40.4 Å². The molecule has 3 rings (SSSR count). The largest absolute Gasteiger partial charge is 0.431 e. The smallest absolute Gasteiger partial charge is 0.418 e. The van der Waals surface area contributed by atoms with Crippen LogP contribution in [0.3, 0.4) is 0 Å². The van der Waals surface area contributed by atoms with Gasteiger partial charge in [-0.25, -0.2) is 4.79 Å². The molecule has 1 saturated heterocycles. The predicted octanol–water partition coefficient (Wildman–Crippen LogP) is 5.35. The van der Waals surface area contributed by atoms with Crippen molar-refractivity contribution in [3.8, 4) is 0 Å². The summed E-state index contributed by atoms with van der Waals surface area (Å²) in [5.41, 5.74) is -2.83. The fourth-order valence-electron chi connectivity index (χ4n) is 4.58. The van der Waals surface area contributed by atoms with Crippen LogP contribution in [0.1, 0.15) is 51.2 Å². The van der Waals surface area contributed by atoms with E-state index >= 15 is 8.78 Å². The third-order valence-corrected chi connectivity index (χ3v) is 8.07. The number of aldehydes is 1. The lowest BCUT2D eigenvalue weighted by atomic mass is 9.85. The highest BCUT2D eigenvalue weighted by atomic mass is 35.5. The Morgan fingerprint density at radius 1 is 1.17 bits per heavy atom. The van der Waals surface area contributed by atoms with E-state index in [0.29, 0.717) is 37.6 Å². The molecule has 12 heteroatoms. The van der Waals surface area contributed by atoms with Gasteiger partial charge >= 0.3 is 12.0 Å². The van der Waals surface area contributed by atoms with E-state index in [1.54, 1.807) is 18.2 Å². The van der Waals surface area contributed by atoms with Gasteiger partial charge in [-0.2, -0.15) is 8.78 Å². The number of hydrogen-bond donors (Lipinski definition) is 3. The maximum Gasteiger partial charge on any atom is 0.418 e. The molecule has 1 aliphatic rings. The minimum atomic E-state index is -3.69. The fraction of sp³-hybridized carbons (Fsp3) is 0.448. The summed E-state index contributed by atoms with van der Waals surface area (Å²) in [5.74, 6) is -4.76. The number of hydrogen-bond acceptors (Lipinski definition) is 6. The molecule has 8 nitrogen and oxygen atoms in total. The summed E-state index contributed by atoms with van der Waals surface area (Å²) in [7, 11) is 0. The van der Waals surface area contributed by atoms with Crippen LogP contribution in [0.25, 0.3) is 0 Å². The number of alkyl halides is 2. The highest BCUT2D eigenvalue weighted by Crippen LogP contribution is 2.48. The van der Waals surface area contributed by atoms with E-state index in [-0.39, 0.29) is 34.7 Å². The Balaban J connectivity index is 1.75. The number of carbonyl (C=O) groups excluding carboxylic acids is 4. The molecule has 0 radical (unpaired) electrons. The van der Waals surface area contributed by atoms with Crippen LogP contribution in [0.15, 0.2) is 54.6 Å². The summed E-state index contributed by atoms with van der Waals surface area (Å²) in [6, 6.07) is 11.9. The molecule has 0 aromatic heterocycles. The minimum Gasteiger partial charge on any atom is -0.431 e. The van der Waals surface area contributed by atoms with Gasteiger partial charge in [-0.15, -0.1) is 0 Å². The third-order valence-electron chi connectivity index (χ3n) is 6.86. The number of amides is 3. The predicted molar refractivity (Wildman–Crippen MR) is 153 cm³/mol. The lowest BCUT2D eigenvalue weighted by Crippen LogP contribution is -2.47. The Labute approximate surface area is 247 Å². The number of halogens is 3. The van der Waals surface area contributed by atoms with Crippen molar-refractivity contribution in [2.45, 2.75) is 62.8 Å².